The van der Waals surface area contributed by atoms with Crippen LogP contribution in [0.3, 0.4) is 0 Å². The van der Waals surface area contributed by atoms with Crippen molar-refractivity contribution in [1.29, 1.82) is 0 Å². The number of fused-ring (bicyclic) bond motifs is 1. The van der Waals surface area contributed by atoms with Crippen LogP contribution in [0.4, 0.5) is 0 Å². The Morgan fingerprint density at radius 2 is 2.00 bits per heavy atom. The van der Waals surface area contributed by atoms with E-state index in [1.54, 1.807) is 14.0 Å². The lowest BCUT2D eigenvalue weighted by Gasteiger charge is -2.34. The Balaban J connectivity index is 1.44. The molecule has 4 rings (SSSR count). The van der Waals surface area contributed by atoms with Gasteiger partial charge in [0.05, 0.1) is 13.7 Å². The number of rotatable bonds is 4. The zero-order valence-electron chi connectivity index (χ0n) is 15.8. The summed E-state index contributed by atoms with van der Waals surface area (Å²) in [5.41, 5.74) is 1.71. The number of hydrogen-bond donors (Lipinski definition) is 0. The van der Waals surface area contributed by atoms with Crippen molar-refractivity contribution in [3.05, 3.63) is 41.7 Å². The molecule has 2 aromatic heterocycles. The second-order valence-electron chi connectivity index (χ2n) is 6.81. The van der Waals surface area contributed by atoms with Crippen LogP contribution in [0.5, 0.6) is 5.75 Å². The maximum atomic E-state index is 13.0. The number of ether oxygens (including phenoxy) is 1. The molecule has 1 aliphatic heterocycles. The van der Waals surface area contributed by atoms with E-state index in [1.165, 1.54) is 0 Å². The van der Waals surface area contributed by atoms with Gasteiger partial charge in [0.2, 0.25) is 5.89 Å². The molecule has 1 aliphatic rings. The normalized spacial score (nSPS) is 15.4. The largest absolute Gasteiger partial charge is 0.497 e. The Morgan fingerprint density at radius 3 is 2.67 bits per heavy atom. The molecule has 1 aromatic carbocycles. The molecule has 0 aliphatic carbocycles. The first-order valence-electron chi connectivity index (χ1n) is 8.99. The van der Waals surface area contributed by atoms with Crippen molar-refractivity contribution in [2.24, 2.45) is 7.05 Å². The molecule has 0 radical (unpaired) electrons. The molecule has 0 bridgehead atoms. The third-order valence-electron chi connectivity index (χ3n) is 5.06. The molecule has 1 fully saturated rings. The van der Waals surface area contributed by atoms with Crippen molar-refractivity contribution in [3.8, 4) is 5.75 Å². The third kappa shape index (κ3) is 3.40. The SMILES string of the molecule is COc1ccc2c(c1)cc(C(=O)N1CCN(Cc3noc(C)n3)CC1)n2C. The van der Waals surface area contributed by atoms with Crippen LogP contribution >= 0.6 is 0 Å². The fourth-order valence-corrected chi connectivity index (χ4v) is 3.54. The van der Waals surface area contributed by atoms with Crippen molar-refractivity contribution < 1.29 is 14.1 Å². The van der Waals surface area contributed by atoms with Crippen LogP contribution in [0.15, 0.2) is 28.8 Å². The first kappa shape index (κ1) is 17.5. The highest BCUT2D eigenvalue weighted by Crippen LogP contribution is 2.24. The van der Waals surface area contributed by atoms with Gasteiger partial charge in [-0.05, 0) is 24.3 Å². The lowest BCUT2D eigenvalue weighted by Crippen LogP contribution is -2.48. The molecular formula is C19H23N5O3. The lowest BCUT2D eigenvalue weighted by molar-refractivity contribution is 0.0615. The Kier molecular flexibility index (Phi) is 4.57. The van der Waals surface area contributed by atoms with Gasteiger partial charge >= 0.3 is 0 Å². The topological polar surface area (TPSA) is 76.6 Å². The third-order valence-corrected chi connectivity index (χ3v) is 5.06. The predicted octanol–water partition coefficient (Wildman–Crippen LogP) is 1.84. The highest BCUT2D eigenvalue weighted by molar-refractivity contribution is 5.99. The number of hydrogen-bond acceptors (Lipinski definition) is 6. The van der Waals surface area contributed by atoms with Crippen molar-refractivity contribution >= 4 is 16.8 Å². The number of benzene rings is 1. The van der Waals surface area contributed by atoms with E-state index in [1.807, 2.05) is 40.8 Å². The van der Waals surface area contributed by atoms with Gasteiger partial charge in [-0.1, -0.05) is 5.16 Å². The number of carbonyl (C=O) groups is 1. The minimum Gasteiger partial charge on any atom is -0.497 e. The molecule has 27 heavy (non-hydrogen) atoms. The van der Waals surface area contributed by atoms with Crippen LogP contribution < -0.4 is 4.74 Å². The lowest BCUT2D eigenvalue weighted by atomic mass is 10.2. The van der Waals surface area contributed by atoms with E-state index >= 15 is 0 Å². The summed E-state index contributed by atoms with van der Waals surface area (Å²) in [5, 5.41) is 4.95. The maximum Gasteiger partial charge on any atom is 0.270 e. The molecule has 0 spiro atoms. The highest BCUT2D eigenvalue weighted by atomic mass is 16.5. The van der Waals surface area contributed by atoms with Gasteiger partial charge in [0.1, 0.15) is 11.4 Å². The summed E-state index contributed by atoms with van der Waals surface area (Å²) >= 11 is 0. The molecule has 0 N–H and O–H groups in total. The molecule has 1 amide bonds. The monoisotopic (exact) mass is 369 g/mol. The van der Waals surface area contributed by atoms with Crippen LogP contribution in [0.2, 0.25) is 0 Å². The highest BCUT2D eigenvalue weighted by Gasteiger charge is 2.25. The Labute approximate surface area is 157 Å². The molecule has 0 atom stereocenters. The second kappa shape index (κ2) is 7.03. The van der Waals surface area contributed by atoms with Gasteiger partial charge in [-0.15, -0.1) is 0 Å². The summed E-state index contributed by atoms with van der Waals surface area (Å²) in [4.78, 5) is 21.4. The number of amides is 1. The van der Waals surface area contributed by atoms with Gasteiger partial charge in [0.25, 0.3) is 5.91 Å². The first-order chi connectivity index (χ1) is 13.0. The van der Waals surface area contributed by atoms with E-state index in [-0.39, 0.29) is 5.91 Å². The van der Waals surface area contributed by atoms with E-state index in [2.05, 4.69) is 15.0 Å². The smallest absolute Gasteiger partial charge is 0.270 e. The van der Waals surface area contributed by atoms with Crippen LogP contribution in [0, 0.1) is 6.92 Å². The van der Waals surface area contributed by atoms with E-state index in [9.17, 15) is 4.79 Å². The van der Waals surface area contributed by atoms with Gasteiger partial charge < -0.3 is 18.7 Å². The molecule has 3 aromatic rings. The van der Waals surface area contributed by atoms with E-state index in [0.717, 1.165) is 29.7 Å². The van der Waals surface area contributed by atoms with Crippen LogP contribution in [-0.2, 0) is 13.6 Å². The summed E-state index contributed by atoms with van der Waals surface area (Å²) in [6, 6.07) is 7.79. The van der Waals surface area contributed by atoms with E-state index in [4.69, 9.17) is 9.26 Å². The average molecular weight is 369 g/mol. The molecule has 8 heteroatoms. The van der Waals surface area contributed by atoms with Gasteiger partial charge in [-0.2, -0.15) is 4.98 Å². The van der Waals surface area contributed by atoms with E-state index in [0.29, 0.717) is 37.0 Å². The van der Waals surface area contributed by atoms with Gasteiger partial charge in [-0.25, -0.2) is 0 Å². The molecular weight excluding hydrogens is 346 g/mol. The maximum absolute atomic E-state index is 13.0. The zero-order valence-corrected chi connectivity index (χ0v) is 15.8. The molecule has 1 saturated heterocycles. The molecule has 0 saturated carbocycles. The summed E-state index contributed by atoms with van der Waals surface area (Å²) in [6.45, 7) is 5.37. The minimum atomic E-state index is 0.0581. The Morgan fingerprint density at radius 1 is 1.22 bits per heavy atom. The van der Waals surface area contributed by atoms with Crippen molar-refractivity contribution in [1.82, 2.24) is 24.5 Å². The number of aromatic nitrogens is 3. The second-order valence-corrected chi connectivity index (χ2v) is 6.81. The molecule has 3 heterocycles. The fraction of sp³-hybridized carbons (Fsp3) is 0.421. The quantitative estimate of drug-likeness (QED) is 0.698. The number of nitrogens with zero attached hydrogens (tertiary/aromatic N) is 5. The van der Waals surface area contributed by atoms with Crippen molar-refractivity contribution in [3.63, 3.8) is 0 Å². The summed E-state index contributed by atoms with van der Waals surface area (Å²) in [6.07, 6.45) is 0. The Hall–Kier alpha value is -2.87. The molecule has 0 unspecified atom stereocenters. The van der Waals surface area contributed by atoms with Crippen molar-refractivity contribution in [2.45, 2.75) is 13.5 Å². The number of aryl methyl sites for hydroxylation is 2. The fourth-order valence-electron chi connectivity index (χ4n) is 3.54. The standard InChI is InChI=1S/C19H23N5O3/c1-13-20-18(21-27-13)12-23-6-8-24(9-7-23)19(25)17-11-14-10-15(26-3)4-5-16(14)22(17)2/h4-5,10-11H,6-9,12H2,1-3H3. The molecule has 142 valence electrons. The van der Waals surface area contributed by atoms with Crippen LogP contribution in [0.25, 0.3) is 10.9 Å². The molecule has 8 nitrogen and oxygen atoms in total. The number of methoxy groups -OCH3 is 1. The van der Waals surface area contributed by atoms with Crippen LogP contribution in [0.1, 0.15) is 22.2 Å². The van der Waals surface area contributed by atoms with Crippen molar-refractivity contribution in [2.75, 3.05) is 33.3 Å². The summed E-state index contributed by atoms with van der Waals surface area (Å²) < 4.78 is 12.3. The summed E-state index contributed by atoms with van der Waals surface area (Å²) in [7, 11) is 3.57. The number of piperazine rings is 1. The van der Waals surface area contributed by atoms with Crippen LogP contribution in [-0.4, -0.2) is 63.7 Å². The minimum absolute atomic E-state index is 0.0581. The Bertz CT molecular complexity index is 969. The van der Waals surface area contributed by atoms with E-state index < -0.39 is 0 Å². The zero-order chi connectivity index (χ0) is 19.0. The van der Waals surface area contributed by atoms with Gasteiger partial charge in [0, 0.05) is 51.1 Å². The summed E-state index contributed by atoms with van der Waals surface area (Å²) in [5.74, 6) is 2.11. The average Bonchev–Trinajstić information content (AvgIpc) is 3.24. The number of carbonyl (C=O) groups excluding carboxylic acids is 1. The predicted molar refractivity (Wildman–Crippen MR) is 99.7 cm³/mol. The van der Waals surface area contributed by atoms with Gasteiger partial charge in [0.15, 0.2) is 5.82 Å². The first-order valence-corrected chi connectivity index (χ1v) is 8.99. The van der Waals surface area contributed by atoms with Gasteiger partial charge in [-0.3, -0.25) is 9.69 Å².